The Morgan fingerprint density at radius 2 is 1.69 bits per heavy atom. The summed E-state index contributed by atoms with van der Waals surface area (Å²) in [4.78, 5) is 20.1. The molecule has 2 N–H and O–H groups in total. The van der Waals surface area contributed by atoms with Crippen molar-refractivity contribution in [1.82, 2.24) is 9.97 Å². The highest BCUT2D eigenvalue weighted by Gasteiger charge is 2.07. The number of H-pyrrole nitrogens is 1. The first kappa shape index (κ1) is 16.5. The highest BCUT2D eigenvalue weighted by atomic mass is 79.9. The Labute approximate surface area is 159 Å². The molecule has 128 valence electrons. The smallest absolute Gasteiger partial charge is 0.228 e. The van der Waals surface area contributed by atoms with Crippen LogP contribution in [0.1, 0.15) is 5.56 Å². The van der Waals surface area contributed by atoms with Gasteiger partial charge in [-0.2, -0.15) is 0 Å². The first-order chi connectivity index (χ1) is 12.7. The van der Waals surface area contributed by atoms with E-state index in [-0.39, 0.29) is 5.91 Å². The second-order valence-electron chi connectivity index (χ2n) is 6.03. The van der Waals surface area contributed by atoms with E-state index >= 15 is 0 Å². The molecular formula is C21H16BrN3O. The van der Waals surface area contributed by atoms with Crippen LogP contribution in [0, 0.1) is 0 Å². The van der Waals surface area contributed by atoms with Gasteiger partial charge in [-0.25, -0.2) is 4.98 Å². The average Bonchev–Trinajstić information content (AvgIpc) is 3.08. The quantitative estimate of drug-likeness (QED) is 0.491. The summed E-state index contributed by atoms with van der Waals surface area (Å²) in [5, 5.41) is 2.93. The van der Waals surface area contributed by atoms with Gasteiger partial charge in [0.25, 0.3) is 0 Å². The van der Waals surface area contributed by atoms with Crippen molar-refractivity contribution in [3.63, 3.8) is 0 Å². The second kappa shape index (κ2) is 7.14. The number of hydrogen-bond acceptors (Lipinski definition) is 2. The molecule has 0 aliphatic rings. The third-order valence-corrected chi connectivity index (χ3v) is 4.64. The number of nitrogens with zero attached hydrogens (tertiary/aromatic N) is 1. The zero-order chi connectivity index (χ0) is 17.9. The number of para-hydroxylation sites is 2. The van der Waals surface area contributed by atoms with Gasteiger partial charge >= 0.3 is 0 Å². The maximum atomic E-state index is 12.2. The van der Waals surface area contributed by atoms with Crippen LogP contribution in [0.3, 0.4) is 0 Å². The van der Waals surface area contributed by atoms with Crippen LogP contribution in [0.25, 0.3) is 22.4 Å². The molecule has 0 radical (unpaired) electrons. The largest absolute Gasteiger partial charge is 0.338 e. The molecule has 0 aliphatic heterocycles. The minimum Gasteiger partial charge on any atom is -0.338 e. The van der Waals surface area contributed by atoms with E-state index in [1.165, 1.54) is 0 Å². The maximum Gasteiger partial charge on any atom is 0.228 e. The van der Waals surface area contributed by atoms with Gasteiger partial charge in [-0.05, 0) is 54.1 Å². The minimum absolute atomic E-state index is 0.0381. The van der Waals surface area contributed by atoms with Gasteiger partial charge < -0.3 is 10.3 Å². The number of fused-ring (bicyclic) bond motifs is 1. The number of carbonyl (C=O) groups is 1. The van der Waals surface area contributed by atoms with E-state index in [0.29, 0.717) is 6.42 Å². The lowest BCUT2D eigenvalue weighted by atomic mass is 10.1. The predicted molar refractivity (Wildman–Crippen MR) is 108 cm³/mol. The number of benzene rings is 3. The van der Waals surface area contributed by atoms with Crippen LogP contribution in [-0.4, -0.2) is 15.9 Å². The summed E-state index contributed by atoms with van der Waals surface area (Å²) >= 11 is 3.39. The molecule has 0 bridgehead atoms. The molecule has 26 heavy (non-hydrogen) atoms. The summed E-state index contributed by atoms with van der Waals surface area (Å²) in [6.07, 6.45) is 0.346. The van der Waals surface area contributed by atoms with Crippen LogP contribution in [0.4, 0.5) is 5.69 Å². The zero-order valence-electron chi connectivity index (χ0n) is 13.9. The Balaban J connectivity index is 1.45. The summed E-state index contributed by atoms with van der Waals surface area (Å²) in [6.45, 7) is 0. The Hall–Kier alpha value is -2.92. The van der Waals surface area contributed by atoms with Gasteiger partial charge in [-0.15, -0.1) is 0 Å². The Kier molecular flexibility index (Phi) is 4.54. The average molecular weight is 406 g/mol. The van der Waals surface area contributed by atoms with Crippen LogP contribution >= 0.6 is 15.9 Å². The van der Waals surface area contributed by atoms with Crippen molar-refractivity contribution in [2.75, 3.05) is 5.32 Å². The van der Waals surface area contributed by atoms with Gasteiger partial charge in [0.05, 0.1) is 17.5 Å². The van der Waals surface area contributed by atoms with E-state index in [0.717, 1.165) is 38.1 Å². The van der Waals surface area contributed by atoms with Gasteiger partial charge in [-0.1, -0.05) is 40.2 Å². The molecule has 4 aromatic rings. The molecule has 0 unspecified atom stereocenters. The summed E-state index contributed by atoms with van der Waals surface area (Å²) in [5.74, 6) is 0.780. The highest BCUT2D eigenvalue weighted by molar-refractivity contribution is 9.10. The number of nitrogens with one attached hydrogen (secondary N) is 2. The first-order valence-corrected chi connectivity index (χ1v) is 9.06. The maximum absolute atomic E-state index is 12.2. The second-order valence-corrected chi connectivity index (χ2v) is 6.95. The minimum atomic E-state index is -0.0381. The van der Waals surface area contributed by atoms with Crippen LogP contribution < -0.4 is 5.32 Å². The van der Waals surface area contributed by atoms with Crippen LogP contribution in [0.15, 0.2) is 77.3 Å². The Morgan fingerprint density at radius 3 is 2.42 bits per heavy atom. The number of imidazole rings is 1. The van der Waals surface area contributed by atoms with Crippen LogP contribution in [0.2, 0.25) is 0 Å². The fourth-order valence-electron chi connectivity index (χ4n) is 2.79. The molecule has 4 rings (SSSR count). The lowest BCUT2D eigenvalue weighted by Gasteiger charge is -2.06. The van der Waals surface area contributed by atoms with Crippen molar-refractivity contribution >= 4 is 38.6 Å². The fourth-order valence-corrected chi connectivity index (χ4v) is 3.06. The summed E-state index contributed by atoms with van der Waals surface area (Å²) in [7, 11) is 0. The van der Waals surface area contributed by atoms with Gasteiger partial charge in [0, 0.05) is 15.7 Å². The number of halogens is 1. The van der Waals surface area contributed by atoms with Crippen LogP contribution in [-0.2, 0) is 11.2 Å². The number of carbonyl (C=O) groups excluding carboxylic acids is 1. The molecule has 3 aromatic carbocycles. The van der Waals surface area contributed by atoms with Gasteiger partial charge in [0.1, 0.15) is 5.82 Å². The number of anilines is 1. The van der Waals surface area contributed by atoms with E-state index in [1.54, 1.807) is 0 Å². The van der Waals surface area contributed by atoms with Gasteiger partial charge in [0.2, 0.25) is 5.91 Å². The van der Waals surface area contributed by atoms with Gasteiger partial charge in [-0.3, -0.25) is 4.79 Å². The number of aromatic nitrogens is 2. The normalized spacial score (nSPS) is 10.8. The van der Waals surface area contributed by atoms with Crippen molar-refractivity contribution in [2.45, 2.75) is 6.42 Å². The Morgan fingerprint density at radius 1 is 0.962 bits per heavy atom. The fraction of sp³-hybridized carbons (Fsp3) is 0.0476. The first-order valence-electron chi connectivity index (χ1n) is 8.27. The molecule has 0 saturated heterocycles. The topological polar surface area (TPSA) is 57.8 Å². The van der Waals surface area contributed by atoms with E-state index in [4.69, 9.17) is 0 Å². The summed E-state index contributed by atoms with van der Waals surface area (Å²) in [5.41, 5.74) is 4.67. The molecule has 0 atom stereocenters. The Bertz CT molecular complexity index is 1020. The highest BCUT2D eigenvalue weighted by Crippen LogP contribution is 2.22. The summed E-state index contributed by atoms with van der Waals surface area (Å²) in [6, 6.07) is 23.4. The van der Waals surface area contributed by atoms with E-state index in [9.17, 15) is 4.79 Å². The molecule has 5 heteroatoms. The molecule has 0 aliphatic carbocycles. The lowest BCUT2D eigenvalue weighted by Crippen LogP contribution is -2.14. The van der Waals surface area contributed by atoms with Crippen molar-refractivity contribution in [3.05, 3.63) is 82.8 Å². The summed E-state index contributed by atoms with van der Waals surface area (Å²) < 4.78 is 1.00. The number of aromatic amines is 1. The van der Waals surface area contributed by atoms with Crippen molar-refractivity contribution in [2.24, 2.45) is 0 Å². The molecule has 1 aromatic heterocycles. The van der Waals surface area contributed by atoms with E-state index in [2.05, 4.69) is 31.2 Å². The van der Waals surface area contributed by atoms with E-state index in [1.807, 2.05) is 72.8 Å². The van der Waals surface area contributed by atoms with Crippen LogP contribution in [0.5, 0.6) is 0 Å². The molecule has 0 fully saturated rings. The number of rotatable bonds is 4. The van der Waals surface area contributed by atoms with Crippen molar-refractivity contribution in [1.29, 1.82) is 0 Å². The number of amides is 1. The van der Waals surface area contributed by atoms with Crippen molar-refractivity contribution in [3.8, 4) is 11.4 Å². The molecule has 0 spiro atoms. The van der Waals surface area contributed by atoms with Gasteiger partial charge in [0.15, 0.2) is 0 Å². The molecule has 1 heterocycles. The third-order valence-electron chi connectivity index (χ3n) is 4.11. The van der Waals surface area contributed by atoms with Crippen molar-refractivity contribution < 1.29 is 4.79 Å². The molecule has 4 nitrogen and oxygen atoms in total. The molecular weight excluding hydrogens is 390 g/mol. The zero-order valence-corrected chi connectivity index (χ0v) is 15.5. The molecule has 0 saturated carbocycles. The molecule has 1 amide bonds. The lowest BCUT2D eigenvalue weighted by molar-refractivity contribution is -0.115. The third kappa shape index (κ3) is 3.68. The monoisotopic (exact) mass is 405 g/mol. The standard InChI is InChI=1S/C21H16BrN3O/c22-16-9-5-14(6-10-16)13-20(26)23-17-11-7-15(8-12-17)21-24-18-3-1-2-4-19(18)25-21/h1-12H,13H2,(H,23,26)(H,24,25). The van der Waals surface area contributed by atoms with E-state index < -0.39 is 0 Å². The SMILES string of the molecule is O=C(Cc1ccc(Br)cc1)Nc1ccc(-c2nc3ccccc3[nH]2)cc1. The number of hydrogen-bond donors (Lipinski definition) is 2. The predicted octanol–water partition coefficient (Wildman–Crippen LogP) is 5.17.